The van der Waals surface area contributed by atoms with Gasteiger partial charge < -0.3 is 0 Å². The van der Waals surface area contributed by atoms with Gasteiger partial charge in [0.05, 0.1) is 0 Å². The number of carbonyl (C=O) groups excluding carboxylic acids is 2. The Balaban J connectivity index is 1.77. The summed E-state index contributed by atoms with van der Waals surface area (Å²) in [7, 11) is 0. The van der Waals surface area contributed by atoms with Gasteiger partial charge in [0, 0.05) is 22.3 Å². The van der Waals surface area contributed by atoms with Gasteiger partial charge >= 0.3 is 0 Å². The van der Waals surface area contributed by atoms with Crippen molar-refractivity contribution in [2.45, 2.75) is 13.8 Å². The van der Waals surface area contributed by atoms with E-state index in [0.717, 1.165) is 22.3 Å². The van der Waals surface area contributed by atoms with Gasteiger partial charge in [-0.25, -0.2) is 0 Å². The van der Waals surface area contributed by atoms with Gasteiger partial charge in [-0.15, -0.1) is 0 Å². The van der Waals surface area contributed by atoms with Crippen molar-refractivity contribution >= 4 is 11.6 Å². The highest BCUT2D eigenvalue weighted by Gasteiger charge is 2.15. The van der Waals surface area contributed by atoms with Gasteiger partial charge in [-0.05, 0) is 48.2 Å². The van der Waals surface area contributed by atoms with Crippen LogP contribution in [-0.2, 0) is 0 Å². The van der Waals surface area contributed by atoms with Gasteiger partial charge in [0.1, 0.15) is 0 Å². The molecule has 4 aromatic carbocycles. The Morgan fingerprint density at radius 1 is 0.467 bits per heavy atom. The van der Waals surface area contributed by atoms with Crippen molar-refractivity contribution in [1.29, 1.82) is 0 Å². The molecule has 30 heavy (non-hydrogen) atoms. The van der Waals surface area contributed by atoms with Crippen molar-refractivity contribution in [3.63, 3.8) is 0 Å². The lowest BCUT2D eigenvalue weighted by Crippen LogP contribution is -2.04. The summed E-state index contributed by atoms with van der Waals surface area (Å²) in [5, 5.41) is 0. The first-order valence-corrected chi connectivity index (χ1v) is 9.96. The fraction of sp³-hybridized carbons (Fsp3) is 0.0714. The van der Waals surface area contributed by atoms with Crippen LogP contribution in [0, 0.1) is 13.8 Å². The molecule has 4 aromatic rings. The predicted molar refractivity (Wildman–Crippen MR) is 121 cm³/mol. The van der Waals surface area contributed by atoms with Gasteiger partial charge in [-0.2, -0.15) is 0 Å². The van der Waals surface area contributed by atoms with E-state index < -0.39 is 0 Å². The van der Waals surface area contributed by atoms with E-state index >= 15 is 0 Å². The monoisotopic (exact) mass is 390 g/mol. The molecule has 0 saturated carbocycles. The van der Waals surface area contributed by atoms with Crippen molar-refractivity contribution < 1.29 is 9.59 Å². The van der Waals surface area contributed by atoms with E-state index in [2.05, 4.69) is 0 Å². The Kier molecular flexibility index (Phi) is 5.40. The van der Waals surface area contributed by atoms with Gasteiger partial charge in [0.2, 0.25) is 0 Å². The lowest BCUT2D eigenvalue weighted by molar-refractivity contribution is 0.103. The summed E-state index contributed by atoms with van der Waals surface area (Å²) in [4.78, 5) is 25.9. The summed E-state index contributed by atoms with van der Waals surface area (Å²) in [6.07, 6.45) is 0. The van der Waals surface area contributed by atoms with Crippen LogP contribution in [0.5, 0.6) is 0 Å². The standard InChI is InChI=1S/C28H22O2/c1-19-13-15-23(27(29)21-9-5-3-6-10-21)17-25(19)26-18-24(16-14-20(26)2)28(30)22-11-7-4-8-12-22/h3-18H,1-2H3. The third-order valence-corrected chi connectivity index (χ3v) is 5.36. The molecule has 0 radical (unpaired) electrons. The van der Waals surface area contributed by atoms with Crippen molar-refractivity contribution in [3.05, 3.63) is 130 Å². The third-order valence-electron chi connectivity index (χ3n) is 5.36. The molecule has 4 rings (SSSR count). The molecule has 146 valence electrons. The van der Waals surface area contributed by atoms with Gasteiger partial charge in [-0.3, -0.25) is 9.59 Å². The molecular formula is C28H22O2. The average Bonchev–Trinajstić information content (AvgIpc) is 2.80. The molecule has 2 heteroatoms. The highest BCUT2D eigenvalue weighted by Crippen LogP contribution is 2.30. The maximum Gasteiger partial charge on any atom is 0.193 e. The van der Waals surface area contributed by atoms with Gasteiger partial charge in [-0.1, -0.05) is 84.9 Å². The zero-order valence-corrected chi connectivity index (χ0v) is 17.1. The van der Waals surface area contributed by atoms with Crippen LogP contribution in [0.4, 0.5) is 0 Å². The fourth-order valence-electron chi connectivity index (χ4n) is 3.62. The number of rotatable bonds is 5. The lowest BCUT2D eigenvalue weighted by Gasteiger charge is -2.13. The first-order valence-electron chi connectivity index (χ1n) is 9.96. The molecule has 0 amide bonds. The summed E-state index contributed by atoms with van der Waals surface area (Å²) in [6.45, 7) is 4.05. The molecule has 0 aliphatic rings. The molecule has 2 nitrogen and oxygen atoms in total. The smallest absolute Gasteiger partial charge is 0.193 e. The van der Waals surface area contributed by atoms with Crippen LogP contribution in [0.1, 0.15) is 43.0 Å². The van der Waals surface area contributed by atoms with E-state index in [-0.39, 0.29) is 11.6 Å². The van der Waals surface area contributed by atoms with E-state index in [1.165, 1.54) is 0 Å². The van der Waals surface area contributed by atoms with Crippen LogP contribution < -0.4 is 0 Å². The number of ketones is 2. The van der Waals surface area contributed by atoms with Crippen molar-refractivity contribution in [3.8, 4) is 11.1 Å². The SMILES string of the molecule is Cc1ccc(C(=O)c2ccccc2)cc1-c1cc(C(=O)c2ccccc2)ccc1C. The second kappa shape index (κ2) is 8.30. The summed E-state index contributed by atoms with van der Waals surface area (Å²) in [6, 6.07) is 30.1. The minimum Gasteiger partial charge on any atom is -0.289 e. The third kappa shape index (κ3) is 3.85. The van der Waals surface area contributed by atoms with Gasteiger partial charge in [0.15, 0.2) is 11.6 Å². The van der Waals surface area contributed by atoms with Crippen molar-refractivity contribution in [1.82, 2.24) is 0 Å². The molecule has 0 atom stereocenters. The lowest BCUT2D eigenvalue weighted by atomic mass is 9.90. The normalized spacial score (nSPS) is 10.6. The summed E-state index contributed by atoms with van der Waals surface area (Å²) in [5.41, 5.74) is 6.67. The Morgan fingerprint density at radius 3 is 1.20 bits per heavy atom. The van der Waals surface area contributed by atoms with E-state index in [1.54, 1.807) is 0 Å². The van der Waals surface area contributed by atoms with Crippen LogP contribution in [0.2, 0.25) is 0 Å². The van der Waals surface area contributed by atoms with Crippen LogP contribution in [0.3, 0.4) is 0 Å². The molecule has 0 unspecified atom stereocenters. The Hall–Kier alpha value is -3.78. The highest BCUT2D eigenvalue weighted by molar-refractivity contribution is 6.11. The number of carbonyl (C=O) groups is 2. The predicted octanol–water partition coefficient (Wildman–Crippen LogP) is 6.43. The maximum absolute atomic E-state index is 12.9. The first-order chi connectivity index (χ1) is 14.5. The average molecular weight is 390 g/mol. The van der Waals surface area contributed by atoms with Crippen molar-refractivity contribution in [2.75, 3.05) is 0 Å². The molecule has 0 saturated heterocycles. The van der Waals surface area contributed by atoms with Crippen LogP contribution in [0.15, 0.2) is 97.1 Å². The summed E-state index contributed by atoms with van der Waals surface area (Å²) in [5.74, 6) is -0.0166. The second-order valence-corrected chi connectivity index (χ2v) is 7.45. The Morgan fingerprint density at radius 2 is 0.833 bits per heavy atom. The molecule has 0 fully saturated rings. The number of aryl methyl sites for hydroxylation is 2. The largest absolute Gasteiger partial charge is 0.289 e. The quantitative estimate of drug-likeness (QED) is 0.368. The Bertz CT molecular complexity index is 1120. The number of benzene rings is 4. The highest BCUT2D eigenvalue weighted by atomic mass is 16.1. The van der Waals surface area contributed by atoms with Crippen LogP contribution in [0.25, 0.3) is 11.1 Å². The summed E-state index contributed by atoms with van der Waals surface area (Å²) >= 11 is 0. The summed E-state index contributed by atoms with van der Waals surface area (Å²) < 4.78 is 0. The first kappa shape index (κ1) is 19.5. The molecule has 0 N–H and O–H groups in total. The van der Waals surface area contributed by atoms with E-state index in [1.807, 2.05) is 111 Å². The second-order valence-electron chi connectivity index (χ2n) is 7.45. The van der Waals surface area contributed by atoms with Crippen LogP contribution >= 0.6 is 0 Å². The number of hydrogen-bond acceptors (Lipinski definition) is 2. The molecule has 0 heterocycles. The molecule has 0 aliphatic carbocycles. The van der Waals surface area contributed by atoms with E-state index in [9.17, 15) is 9.59 Å². The minimum absolute atomic E-state index is 0.00832. The minimum atomic E-state index is -0.00832. The zero-order valence-electron chi connectivity index (χ0n) is 17.1. The zero-order chi connectivity index (χ0) is 21.1. The van der Waals surface area contributed by atoms with Gasteiger partial charge in [0.25, 0.3) is 0 Å². The topological polar surface area (TPSA) is 34.1 Å². The number of hydrogen-bond donors (Lipinski definition) is 0. The van der Waals surface area contributed by atoms with E-state index in [0.29, 0.717) is 22.3 Å². The fourth-order valence-corrected chi connectivity index (χ4v) is 3.62. The van der Waals surface area contributed by atoms with Crippen LogP contribution in [-0.4, -0.2) is 11.6 Å². The Labute approximate surface area is 176 Å². The van der Waals surface area contributed by atoms with Crippen molar-refractivity contribution in [2.24, 2.45) is 0 Å². The maximum atomic E-state index is 12.9. The van der Waals surface area contributed by atoms with E-state index in [4.69, 9.17) is 0 Å². The molecular weight excluding hydrogens is 368 g/mol. The molecule has 0 spiro atoms. The molecule has 0 aromatic heterocycles. The molecule has 0 aliphatic heterocycles. The molecule has 0 bridgehead atoms.